The van der Waals surface area contributed by atoms with Crippen LogP contribution in [0, 0.1) is 0 Å². The highest BCUT2D eigenvalue weighted by molar-refractivity contribution is 5.92. The van der Waals surface area contributed by atoms with Crippen LogP contribution in [0.1, 0.15) is 12.1 Å². The van der Waals surface area contributed by atoms with Crippen molar-refractivity contribution in [2.75, 3.05) is 13.1 Å². The fraction of sp³-hybridized carbons (Fsp3) is 0.429. The Bertz CT molecular complexity index is 690. The van der Waals surface area contributed by atoms with Gasteiger partial charge in [-0.3, -0.25) is 19.2 Å². The molecule has 0 aliphatic carbocycles. The molecule has 1 heterocycles. The maximum atomic E-state index is 12.2. The van der Waals surface area contributed by atoms with Crippen LogP contribution >= 0.6 is 0 Å². The second-order valence-corrected chi connectivity index (χ2v) is 5.38. The summed E-state index contributed by atoms with van der Waals surface area (Å²) in [7, 11) is 0. The maximum absolute atomic E-state index is 12.2. The van der Waals surface area contributed by atoms with Crippen molar-refractivity contribution in [1.29, 1.82) is 0 Å². The Hall–Kier alpha value is -3.48. The number of carboxylic acids is 2. The summed E-state index contributed by atoms with van der Waals surface area (Å²) < 4.78 is 0. The van der Waals surface area contributed by atoms with Gasteiger partial charge in [0.05, 0.1) is 25.8 Å². The van der Waals surface area contributed by atoms with Crippen molar-refractivity contribution in [2.45, 2.75) is 24.9 Å². The molecule has 0 saturated carbocycles. The standard InChI is InChI=1S/C14H20N6O7/c15-3-10(21)19-8(1-7-4-16-6-18-7)13(25)17-5-11(22)20-9(14(26)27)2-12(23)24/h4,6,8-9H,1-3,5,15H2,(H,16,18)(H,17,25)(H,19,21)(H,20,22)(H,23,24)(H,26,27)/t8-,9-/m0/s1. The monoisotopic (exact) mass is 384 g/mol. The summed E-state index contributed by atoms with van der Waals surface area (Å²) in [5.41, 5.74) is 5.75. The number of nitrogens with two attached hydrogens (primary N) is 1. The molecule has 13 nitrogen and oxygen atoms in total. The van der Waals surface area contributed by atoms with Crippen LogP contribution in [-0.4, -0.2) is 75.0 Å². The van der Waals surface area contributed by atoms with Crippen LogP contribution in [0.15, 0.2) is 12.5 Å². The van der Waals surface area contributed by atoms with Crippen LogP contribution in [0.25, 0.3) is 0 Å². The van der Waals surface area contributed by atoms with E-state index in [9.17, 15) is 24.0 Å². The molecule has 0 bridgehead atoms. The highest BCUT2D eigenvalue weighted by atomic mass is 16.4. The molecule has 8 N–H and O–H groups in total. The molecule has 2 atom stereocenters. The van der Waals surface area contributed by atoms with Gasteiger partial charge in [0.1, 0.15) is 12.1 Å². The highest BCUT2D eigenvalue weighted by Gasteiger charge is 2.25. The van der Waals surface area contributed by atoms with E-state index in [0.29, 0.717) is 5.69 Å². The third-order valence-electron chi connectivity index (χ3n) is 3.25. The van der Waals surface area contributed by atoms with Gasteiger partial charge in [-0.15, -0.1) is 0 Å². The van der Waals surface area contributed by atoms with Crippen LogP contribution in [0.4, 0.5) is 0 Å². The summed E-state index contributed by atoms with van der Waals surface area (Å²) in [5, 5.41) is 24.1. The Balaban J connectivity index is 2.63. The molecule has 0 radical (unpaired) electrons. The predicted octanol–water partition coefficient (Wildman–Crippen LogP) is -3.44. The van der Waals surface area contributed by atoms with Crippen molar-refractivity contribution in [2.24, 2.45) is 5.73 Å². The molecule has 1 aromatic rings. The van der Waals surface area contributed by atoms with Gasteiger partial charge in [-0.1, -0.05) is 0 Å². The summed E-state index contributed by atoms with van der Waals surface area (Å²) in [6.45, 7) is -0.955. The van der Waals surface area contributed by atoms with Gasteiger partial charge < -0.3 is 36.9 Å². The van der Waals surface area contributed by atoms with Crippen LogP contribution in [-0.2, 0) is 30.4 Å². The molecule has 0 spiro atoms. The van der Waals surface area contributed by atoms with Gasteiger partial charge in [0.15, 0.2) is 0 Å². The van der Waals surface area contributed by atoms with E-state index in [1.54, 1.807) is 0 Å². The molecule has 1 aromatic heterocycles. The minimum Gasteiger partial charge on any atom is -0.481 e. The molecular formula is C14H20N6O7. The largest absolute Gasteiger partial charge is 0.481 e. The normalized spacial score (nSPS) is 12.5. The number of rotatable bonds is 11. The van der Waals surface area contributed by atoms with E-state index >= 15 is 0 Å². The van der Waals surface area contributed by atoms with Gasteiger partial charge in [-0.2, -0.15) is 0 Å². The van der Waals surface area contributed by atoms with Gasteiger partial charge in [-0.05, 0) is 0 Å². The quantitative estimate of drug-likeness (QED) is 0.201. The molecule has 1 rings (SSSR count). The first-order chi connectivity index (χ1) is 12.7. The first kappa shape index (κ1) is 21.6. The van der Waals surface area contributed by atoms with Gasteiger partial charge in [0.2, 0.25) is 17.7 Å². The van der Waals surface area contributed by atoms with E-state index in [1.807, 2.05) is 5.32 Å². The number of aromatic nitrogens is 2. The lowest BCUT2D eigenvalue weighted by Crippen LogP contribution is -2.52. The summed E-state index contributed by atoms with van der Waals surface area (Å²) in [4.78, 5) is 63.5. The molecule has 0 unspecified atom stereocenters. The Kier molecular flexibility index (Phi) is 8.38. The predicted molar refractivity (Wildman–Crippen MR) is 88.1 cm³/mol. The number of nitrogens with one attached hydrogen (secondary N) is 4. The Morgan fingerprint density at radius 1 is 1.11 bits per heavy atom. The number of carbonyl (C=O) groups excluding carboxylic acids is 3. The van der Waals surface area contributed by atoms with Crippen molar-refractivity contribution in [1.82, 2.24) is 25.9 Å². The third-order valence-corrected chi connectivity index (χ3v) is 3.25. The van der Waals surface area contributed by atoms with Gasteiger partial charge in [-0.25, -0.2) is 9.78 Å². The van der Waals surface area contributed by atoms with E-state index < -0.39 is 54.7 Å². The number of carbonyl (C=O) groups is 5. The molecular weight excluding hydrogens is 364 g/mol. The fourth-order valence-electron chi connectivity index (χ4n) is 1.99. The minimum absolute atomic E-state index is 0.0515. The SMILES string of the molecule is NCC(=O)N[C@@H](Cc1cnc[nH]1)C(=O)NCC(=O)N[C@@H](CC(=O)O)C(=O)O. The van der Waals surface area contributed by atoms with Crippen molar-refractivity contribution in [3.05, 3.63) is 18.2 Å². The molecule has 0 fully saturated rings. The molecule has 27 heavy (non-hydrogen) atoms. The number of amides is 3. The van der Waals surface area contributed by atoms with Gasteiger partial charge >= 0.3 is 11.9 Å². The van der Waals surface area contributed by atoms with Crippen LogP contribution in [0.5, 0.6) is 0 Å². The molecule has 13 heteroatoms. The Morgan fingerprint density at radius 3 is 2.30 bits per heavy atom. The maximum Gasteiger partial charge on any atom is 0.326 e. The zero-order valence-electron chi connectivity index (χ0n) is 14.1. The number of aliphatic carboxylic acids is 2. The van der Waals surface area contributed by atoms with Crippen molar-refractivity contribution in [3.8, 4) is 0 Å². The second-order valence-electron chi connectivity index (χ2n) is 5.38. The topological polar surface area (TPSA) is 217 Å². The molecule has 0 saturated heterocycles. The van der Waals surface area contributed by atoms with Crippen molar-refractivity contribution >= 4 is 29.7 Å². The molecule has 148 valence electrons. The first-order valence-corrected chi connectivity index (χ1v) is 7.71. The number of nitrogens with zero attached hydrogens (tertiary/aromatic N) is 1. The van der Waals surface area contributed by atoms with Crippen molar-refractivity contribution < 1.29 is 34.2 Å². The number of hydrogen-bond acceptors (Lipinski definition) is 7. The zero-order chi connectivity index (χ0) is 20.4. The van der Waals surface area contributed by atoms with Gasteiger partial charge in [0, 0.05) is 18.3 Å². The summed E-state index contributed by atoms with van der Waals surface area (Å²) >= 11 is 0. The lowest BCUT2D eigenvalue weighted by atomic mass is 10.1. The average molecular weight is 384 g/mol. The fourth-order valence-corrected chi connectivity index (χ4v) is 1.99. The van der Waals surface area contributed by atoms with Crippen molar-refractivity contribution in [3.63, 3.8) is 0 Å². The lowest BCUT2D eigenvalue weighted by molar-refractivity contribution is -0.147. The van der Waals surface area contributed by atoms with E-state index in [4.69, 9.17) is 15.9 Å². The van der Waals surface area contributed by atoms with Crippen LogP contribution < -0.4 is 21.7 Å². The average Bonchev–Trinajstić information content (AvgIpc) is 3.10. The highest BCUT2D eigenvalue weighted by Crippen LogP contribution is 1.99. The molecule has 0 aromatic carbocycles. The van der Waals surface area contributed by atoms with E-state index in [-0.39, 0.29) is 13.0 Å². The second kappa shape index (κ2) is 10.5. The van der Waals surface area contributed by atoms with E-state index in [1.165, 1.54) is 12.5 Å². The lowest BCUT2D eigenvalue weighted by Gasteiger charge is -2.18. The number of aromatic amines is 1. The smallest absolute Gasteiger partial charge is 0.326 e. The first-order valence-electron chi connectivity index (χ1n) is 7.71. The Labute approximate surface area is 152 Å². The van der Waals surface area contributed by atoms with Gasteiger partial charge in [0.25, 0.3) is 0 Å². The van der Waals surface area contributed by atoms with Crippen LogP contribution in [0.2, 0.25) is 0 Å². The van der Waals surface area contributed by atoms with E-state index in [0.717, 1.165) is 0 Å². The number of H-pyrrole nitrogens is 1. The minimum atomic E-state index is -1.63. The number of imidazole rings is 1. The molecule has 0 aliphatic rings. The summed E-state index contributed by atoms with van der Waals surface area (Å²) in [6.07, 6.45) is 2.07. The molecule has 0 aliphatic heterocycles. The van der Waals surface area contributed by atoms with E-state index in [2.05, 4.69) is 20.6 Å². The number of hydrogen-bond donors (Lipinski definition) is 7. The summed E-state index contributed by atoms with van der Waals surface area (Å²) in [6, 6.07) is -2.69. The Morgan fingerprint density at radius 2 is 1.78 bits per heavy atom. The molecule has 3 amide bonds. The zero-order valence-corrected chi connectivity index (χ0v) is 14.1. The van der Waals surface area contributed by atoms with Crippen LogP contribution in [0.3, 0.4) is 0 Å². The third kappa shape index (κ3) is 7.96. The number of carboxylic acid groups (broad SMARTS) is 2. The summed E-state index contributed by atoms with van der Waals surface area (Å²) in [5.74, 6) is -5.14.